The second-order valence-electron chi connectivity index (χ2n) is 4.38. The minimum Gasteiger partial charge on any atom is -0.471 e. The van der Waals surface area contributed by atoms with Crippen molar-refractivity contribution in [2.24, 2.45) is 7.05 Å². The van der Waals surface area contributed by atoms with Gasteiger partial charge in [0.2, 0.25) is 5.88 Å². The molecule has 0 aliphatic heterocycles. The highest BCUT2D eigenvalue weighted by molar-refractivity contribution is 5.57. The largest absolute Gasteiger partial charge is 0.471 e. The Kier molecular flexibility index (Phi) is 3.41. The fourth-order valence-corrected chi connectivity index (χ4v) is 1.82. The summed E-state index contributed by atoms with van der Waals surface area (Å²) in [6.45, 7) is 0.451. The predicted octanol–water partition coefficient (Wildman–Crippen LogP) is 2.46. The van der Waals surface area contributed by atoms with E-state index in [1.165, 1.54) is 0 Å². The molecule has 0 atom stereocenters. The van der Waals surface area contributed by atoms with E-state index in [1.807, 2.05) is 41.9 Å². The summed E-state index contributed by atoms with van der Waals surface area (Å²) in [6.07, 6.45) is 7.06. The van der Waals surface area contributed by atoms with Gasteiger partial charge >= 0.3 is 0 Å². The van der Waals surface area contributed by atoms with Crippen LogP contribution in [0.15, 0.2) is 55.2 Å². The summed E-state index contributed by atoms with van der Waals surface area (Å²) in [5, 5.41) is 0. The summed E-state index contributed by atoms with van der Waals surface area (Å²) in [7, 11) is 1.93. The van der Waals surface area contributed by atoms with E-state index in [1.54, 1.807) is 24.9 Å². The highest BCUT2D eigenvalue weighted by Gasteiger charge is 2.02. The van der Waals surface area contributed by atoms with Gasteiger partial charge in [-0.1, -0.05) is 6.07 Å². The van der Waals surface area contributed by atoms with Gasteiger partial charge in [0.1, 0.15) is 6.61 Å². The van der Waals surface area contributed by atoms with Crippen LogP contribution in [0.2, 0.25) is 0 Å². The van der Waals surface area contributed by atoms with E-state index < -0.39 is 0 Å². The van der Waals surface area contributed by atoms with E-state index >= 15 is 0 Å². The molecule has 0 fully saturated rings. The van der Waals surface area contributed by atoms with Gasteiger partial charge in [0.15, 0.2) is 0 Å². The first-order chi connectivity index (χ1) is 9.83. The van der Waals surface area contributed by atoms with E-state index in [9.17, 15) is 0 Å². The molecule has 0 amide bonds. The topological polar surface area (TPSA) is 52.8 Å². The van der Waals surface area contributed by atoms with Crippen LogP contribution in [0, 0.1) is 0 Å². The van der Waals surface area contributed by atoms with Crippen molar-refractivity contribution in [2.45, 2.75) is 6.61 Å². The van der Waals surface area contributed by atoms with Crippen LogP contribution < -0.4 is 4.74 Å². The van der Waals surface area contributed by atoms with Gasteiger partial charge in [-0.05, 0) is 18.2 Å². The van der Waals surface area contributed by atoms with Gasteiger partial charge in [-0.2, -0.15) is 0 Å². The fourth-order valence-electron chi connectivity index (χ4n) is 1.82. The lowest BCUT2D eigenvalue weighted by Crippen LogP contribution is -2.02. The van der Waals surface area contributed by atoms with Gasteiger partial charge in [0.25, 0.3) is 0 Å². The van der Waals surface area contributed by atoms with Gasteiger partial charge in [-0.3, -0.25) is 4.98 Å². The highest BCUT2D eigenvalue weighted by atomic mass is 16.5. The lowest BCUT2D eigenvalue weighted by atomic mass is 10.2. The van der Waals surface area contributed by atoms with E-state index in [4.69, 9.17) is 4.74 Å². The van der Waals surface area contributed by atoms with E-state index in [0.29, 0.717) is 12.5 Å². The van der Waals surface area contributed by atoms with Crippen molar-refractivity contribution >= 4 is 0 Å². The second-order valence-corrected chi connectivity index (χ2v) is 4.38. The third-order valence-corrected chi connectivity index (χ3v) is 2.98. The standard InChI is InChI=1S/C15H14N4O/c1-19-11-16-9-13(19)10-20-15-6-5-12(8-18-15)14-4-2-3-7-17-14/h2-9,11H,10H2,1H3. The second kappa shape index (κ2) is 5.52. The molecule has 5 heteroatoms. The average molecular weight is 266 g/mol. The summed E-state index contributed by atoms with van der Waals surface area (Å²) >= 11 is 0. The molecule has 0 saturated heterocycles. The van der Waals surface area contributed by atoms with E-state index in [-0.39, 0.29) is 0 Å². The Morgan fingerprint density at radius 2 is 2.05 bits per heavy atom. The molecule has 0 saturated carbocycles. The van der Waals surface area contributed by atoms with E-state index in [0.717, 1.165) is 17.0 Å². The van der Waals surface area contributed by atoms with Crippen molar-refractivity contribution in [3.8, 4) is 17.1 Å². The quantitative estimate of drug-likeness (QED) is 0.728. The molecule has 0 radical (unpaired) electrons. The van der Waals surface area contributed by atoms with Crippen LogP contribution in [0.25, 0.3) is 11.3 Å². The molecule has 3 aromatic heterocycles. The summed E-state index contributed by atoms with van der Waals surface area (Å²) in [4.78, 5) is 12.6. The van der Waals surface area contributed by atoms with Crippen LogP contribution in [-0.2, 0) is 13.7 Å². The molecule has 0 spiro atoms. The number of nitrogens with zero attached hydrogens (tertiary/aromatic N) is 4. The van der Waals surface area contributed by atoms with Crippen molar-refractivity contribution in [1.82, 2.24) is 19.5 Å². The number of aryl methyl sites for hydroxylation is 1. The first-order valence-corrected chi connectivity index (χ1v) is 6.28. The molecule has 5 nitrogen and oxygen atoms in total. The number of ether oxygens (including phenoxy) is 1. The Hall–Kier alpha value is -2.69. The molecule has 20 heavy (non-hydrogen) atoms. The normalized spacial score (nSPS) is 10.4. The molecular formula is C15H14N4O. The van der Waals surface area contributed by atoms with E-state index in [2.05, 4.69) is 15.0 Å². The molecule has 0 aromatic carbocycles. The number of hydrogen-bond acceptors (Lipinski definition) is 4. The smallest absolute Gasteiger partial charge is 0.213 e. The summed E-state index contributed by atoms with van der Waals surface area (Å²) in [5.74, 6) is 0.589. The van der Waals surface area contributed by atoms with Crippen molar-refractivity contribution < 1.29 is 4.74 Å². The Balaban J connectivity index is 1.69. The molecule has 0 aliphatic rings. The minimum absolute atomic E-state index is 0.451. The molecule has 0 unspecified atom stereocenters. The Labute approximate surface area is 116 Å². The maximum Gasteiger partial charge on any atom is 0.213 e. The minimum atomic E-state index is 0.451. The molecule has 0 aliphatic carbocycles. The zero-order valence-corrected chi connectivity index (χ0v) is 11.1. The molecule has 0 bridgehead atoms. The van der Waals surface area contributed by atoms with Gasteiger partial charge < -0.3 is 9.30 Å². The third-order valence-electron chi connectivity index (χ3n) is 2.98. The fraction of sp³-hybridized carbons (Fsp3) is 0.133. The number of pyridine rings is 2. The molecule has 3 heterocycles. The van der Waals surface area contributed by atoms with Crippen LogP contribution >= 0.6 is 0 Å². The van der Waals surface area contributed by atoms with Crippen molar-refractivity contribution in [3.05, 3.63) is 60.9 Å². The first-order valence-electron chi connectivity index (χ1n) is 6.28. The van der Waals surface area contributed by atoms with Crippen molar-refractivity contribution in [3.63, 3.8) is 0 Å². The molecule has 0 N–H and O–H groups in total. The molecular weight excluding hydrogens is 252 g/mol. The zero-order chi connectivity index (χ0) is 13.8. The molecule has 100 valence electrons. The average Bonchev–Trinajstić information content (AvgIpc) is 2.92. The maximum atomic E-state index is 5.63. The zero-order valence-electron chi connectivity index (χ0n) is 11.1. The maximum absolute atomic E-state index is 5.63. The number of hydrogen-bond donors (Lipinski definition) is 0. The Bertz CT molecular complexity index is 677. The summed E-state index contributed by atoms with van der Waals surface area (Å²) in [5.41, 5.74) is 2.87. The Morgan fingerprint density at radius 3 is 2.70 bits per heavy atom. The van der Waals surface area contributed by atoms with Gasteiger partial charge in [-0.25, -0.2) is 9.97 Å². The van der Waals surface area contributed by atoms with Crippen molar-refractivity contribution in [2.75, 3.05) is 0 Å². The molecule has 3 rings (SSSR count). The van der Waals surface area contributed by atoms with Gasteiger partial charge in [-0.15, -0.1) is 0 Å². The summed E-state index contributed by atoms with van der Waals surface area (Å²) in [6, 6.07) is 9.60. The SMILES string of the molecule is Cn1cncc1COc1ccc(-c2ccccn2)cn1. The summed E-state index contributed by atoms with van der Waals surface area (Å²) < 4.78 is 7.55. The van der Waals surface area contributed by atoms with Crippen molar-refractivity contribution in [1.29, 1.82) is 0 Å². The monoisotopic (exact) mass is 266 g/mol. The highest BCUT2D eigenvalue weighted by Crippen LogP contribution is 2.18. The Morgan fingerprint density at radius 1 is 1.10 bits per heavy atom. The number of rotatable bonds is 4. The van der Waals surface area contributed by atoms with Gasteiger partial charge in [0.05, 0.1) is 23.9 Å². The number of imidazole rings is 1. The predicted molar refractivity (Wildman–Crippen MR) is 75.0 cm³/mol. The van der Waals surface area contributed by atoms with Crippen LogP contribution in [0.3, 0.4) is 0 Å². The van der Waals surface area contributed by atoms with Crippen LogP contribution in [0.4, 0.5) is 0 Å². The van der Waals surface area contributed by atoms with Crippen LogP contribution in [-0.4, -0.2) is 19.5 Å². The third kappa shape index (κ3) is 2.66. The van der Waals surface area contributed by atoms with Crippen LogP contribution in [0.1, 0.15) is 5.69 Å². The van der Waals surface area contributed by atoms with Crippen LogP contribution in [0.5, 0.6) is 5.88 Å². The number of aromatic nitrogens is 4. The molecule has 3 aromatic rings. The lowest BCUT2D eigenvalue weighted by Gasteiger charge is -2.06. The first kappa shape index (κ1) is 12.3. The lowest BCUT2D eigenvalue weighted by molar-refractivity contribution is 0.285. The van der Waals surface area contributed by atoms with Gasteiger partial charge in [0, 0.05) is 31.1 Å².